The summed E-state index contributed by atoms with van der Waals surface area (Å²) in [6.07, 6.45) is 5.06. The van der Waals surface area contributed by atoms with Gasteiger partial charge < -0.3 is 14.7 Å². The van der Waals surface area contributed by atoms with Gasteiger partial charge in [0.2, 0.25) is 0 Å². The number of nitrogens with zero attached hydrogens (tertiary/aromatic N) is 4. The molecule has 2 heterocycles. The fourth-order valence-corrected chi connectivity index (χ4v) is 3.38. The van der Waals surface area contributed by atoms with Crippen molar-refractivity contribution in [3.8, 4) is 5.75 Å². The third-order valence-electron chi connectivity index (χ3n) is 4.54. The Bertz CT molecular complexity index is 781. The summed E-state index contributed by atoms with van der Waals surface area (Å²) < 4.78 is 7.14. The highest BCUT2D eigenvalue weighted by molar-refractivity contribution is 5.95. The second kappa shape index (κ2) is 7.55. The summed E-state index contributed by atoms with van der Waals surface area (Å²) in [5.41, 5.74) is 2.08. The number of benzene rings is 1. The van der Waals surface area contributed by atoms with Crippen LogP contribution in [-0.4, -0.2) is 56.3 Å². The van der Waals surface area contributed by atoms with Gasteiger partial charge in [-0.05, 0) is 49.9 Å². The quantitative estimate of drug-likeness (QED) is 0.876. The second-order valence-electron chi connectivity index (χ2n) is 6.54. The lowest BCUT2D eigenvalue weighted by molar-refractivity contribution is -0.139. The molecule has 1 unspecified atom stereocenters. The van der Waals surface area contributed by atoms with Crippen molar-refractivity contribution in [1.29, 1.82) is 0 Å². The number of piperidine rings is 1. The van der Waals surface area contributed by atoms with Gasteiger partial charge in [0.25, 0.3) is 5.91 Å². The van der Waals surface area contributed by atoms with Crippen molar-refractivity contribution in [2.45, 2.75) is 32.7 Å². The van der Waals surface area contributed by atoms with Crippen molar-refractivity contribution in [1.82, 2.24) is 19.7 Å². The largest absolute Gasteiger partial charge is 0.481 e. The van der Waals surface area contributed by atoms with Crippen molar-refractivity contribution in [3.63, 3.8) is 0 Å². The molecule has 0 aliphatic carbocycles. The standard InChI is InChI=1S/C18H22N4O4/c1-12-6-14(7-13(2)17(12)26-9-16(23)24)18(25)21-5-3-4-15(8-21)22-11-19-10-20-22/h6-7,10-11,15H,3-5,8-9H2,1-2H3,(H,23,24). The maximum absolute atomic E-state index is 12.9. The number of hydrogen-bond donors (Lipinski definition) is 1. The van der Waals surface area contributed by atoms with E-state index in [-0.39, 0.29) is 11.9 Å². The molecular formula is C18H22N4O4. The molecule has 1 aliphatic rings. The predicted molar refractivity (Wildman–Crippen MR) is 93.2 cm³/mol. The SMILES string of the molecule is Cc1cc(C(=O)N2CCCC(n3cncn3)C2)cc(C)c1OCC(=O)O. The van der Waals surface area contributed by atoms with Crippen molar-refractivity contribution < 1.29 is 19.4 Å². The molecular weight excluding hydrogens is 336 g/mol. The molecule has 3 rings (SSSR count). The van der Waals surface area contributed by atoms with Gasteiger partial charge in [-0.15, -0.1) is 0 Å². The molecule has 8 nitrogen and oxygen atoms in total. The summed E-state index contributed by atoms with van der Waals surface area (Å²) in [6, 6.07) is 3.65. The maximum Gasteiger partial charge on any atom is 0.341 e. The molecule has 1 aromatic carbocycles. The van der Waals surface area contributed by atoms with E-state index in [0.29, 0.717) is 24.4 Å². The van der Waals surface area contributed by atoms with E-state index in [1.54, 1.807) is 23.1 Å². The predicted octanol–water partition coefficient (Wildman–Crippen LogP) is 1.84. The van der Waals surface area contributed by atoms with Gasteiger partial charge >= 0.3 is 5.97 Å². The van der Waals surface area contributed by atoms with Gasteiger partial charge in [-0.2, -0.15) is 5.10 Å². The maximum atomic E-state index is 12.9. The van der Waals surface area contributed by atoms with Crippen LogP contribution in [0.4, 0.5) is 0 Å². The molecule has 8 heteroatoms. The molecule has 26 heavy (non-hydrogen) atoms. The van der Waals surface area contributed by atoms with Crippen LogP contribution in [0.3, 0.4) is 0 Å². The van der Waals surface area contributed by atoms with Crippen LogP contribution in [-0.2, 0) is 4.79 Å². The van der Waals surface area contributed by atoms with E-state index < -0.39 is 12.6 Å². The lowest BCUT2D eigenvalue weighted by Crippen LogP contribution is -2.40. The van der Waals surface area contributed by atoms with Crippen LogP contribution in [0.25, 0.3) is 0 Å². The molecule has 1 aliphatic heterocycles. The lowest BCUT2D eigenvalue weighted by atomic mass is 10.0. The first-order chi connectivity index (χ1) is 12.5. The zero-order chi connectivity index (χ0) is 18.7. The van der Waals surface area contributed by atoms with E-state index in [0.717, 1.165) is 24.0 Å². The Labute approximate surface area is 151 Å². The van der Waals surface area contributed by atoms with E-state index in [1.807, 2.05) is 18.7 Å². The lowest BCUT2D eigenvalue weighted by Gasteiger charge is -2.32. The van der Waals surface area contributed by atoms with Crippen molar-refractivity contribution in [2.75, 3.05) is 19.7 Å². The molecule has 1 amide bonds. The van der Waals surface area contributed by atoms with Crippen molar-refractivity contribution in [3.05, 3.63) is 41.5 Å². The summed E-state index contributed by atoms with van der Waals surface area (Å²) in [5.74, 6) is -0.551. The first kappa shape index (κ1) is 17.9. The van der Waals surface area contributed by atoms with E-state index in [2.05, 4.69) is 10.1 Å². The zero-order valence-electron chi connectivity index (χ0n) is 14.9. The molecule has 2 aromatic rings. The Morgan fingerprint density at radius 1 is 1.31 bits per heavy atom. The summed E-state index contributed by atoms with van der Waals surface area (Å²) >= 11 is 0. The van der Waals surface area contributed by atoms with Gasteiger partial charge in [0.15, 0.2) is 6.61 Å². The Hall–Kier alpha value is -2.90. The summed E-state index contributed by atoms with van der Waals surface area (Å²) in [7, 11) is 0. The molecule has 1 atom stereocenters. The van der Waals surface area contributed by atoms with E-state index >= 15 is 0 Å². The minimum Gasteiger partial charge on any atom is -0.481 e. The number of ether oxygens (including phenoxy) is 1. The minimum absolute atomic E-state index is 0.0363. The number of carbonyl (C=O) groups is 2. The van der Waals surface area contributed by atoms with Crippen LogP contribution in [0, 0.1) is 13.8 Å². The molecule has 1 saturated heterocycles. The first-order valence-corrected chi connectivity index (χ1v) is 8.55. The molecule has 0 spiro atoms. The fraction of sp³-hybridized carbons (Fsp3) is 0.444. The molecule has 0 radical (unpaired) electrons. The third kappa shape index (κ3) is 3.84. The third-order valence-corrected chi connectivity index (χ3v) is 4.54. The van der Waals surface area contributed by atoms with Crippen LogP contribution in [0.15, 0.2) is 24.8 Å². The summed E-state index contributed by atoms with van der Waals surface area (Å²) in [4.78, 5) is 29.5. The fourth-order valence-electron chi connectivity index (χ4n) is 3.38. The summed E-state index contributed by atoms with van der Waals surface area (Å²) in [5, 5.41) is 13.0. The molecule has 138 valence electrons. The average Bonchev–Trinajstić information content (AvgIpc) is 3.15. The van der Waals surface area contributed by atoms with Crippen LogP contribution in [0.2, 0.25) is 0 Å². The van der Waals surface area contributed by atoms with Crippen LogP contribution in [0.5, 0.6) is 5.75 Å². The number of carboxylic acids is 1. The highest BCUT2D eigenvalue weighted by Crippen LogP contribution is 2.27. The smallest absolute Gasteiger partial charge is 0.341 e. The number of aryl methyl sites for hydroxylation is 2. The number of aromatic nitrogens is 3. The number of likely N-dealkylation sites (tertiary alicyclic amines) is 1. The number of rotatable bonds is 5. The first-order valence-electron chi connectivity index (χ1n) is 8.55. The van der Waals surface area contributed by atoms with Crippen LogP contribution < -0.4 is 4.74 Å². The zero-order valence-corrected chi connectivity index (χ0v) is 14.9. The second-order valence-corrected chi connectivity index (χ2v) is 6.54. The topological polar surface area (TPSA) is 97.5 Å². The number of amides is 1. The van der Waals surface area contributed by atoms with E-state index in [1.165, 1.54) is 6.33 Å². The molecule has 1 fully saturated rings. The molecule has 1 aromatic heterocycles. The monoisotopic (exact) mass is 358 g/mol. The van der Waals surface area contributed by atoms with Crippen molar-refractivity contribution >= 4 is 11.9 Å². The number of carbonyl (C=O) groups excluding carboxylic acids is 1. The van der Waals surface area contributed by atoms with Crippen molar-refractivity contribution in [2.24, 2.45) is 0 Å². The van der Waals surface area contributed by atoms with Gasteiger partial charge in [0.05, 0.1) is 6.04 Å². The highest BCUT2D eigenvalue weighted by atomic mass is 16.5. The van der Waals surface area contributed by atoms with E-state index in [4.69, 9.17) is 9.84 Å². The highest BCUT2D eigenvalue weighted by Gasteiger charge is 2.26. The number of aliphatic carboxylic acids is 1. The van der Waals surface area contributed by atoms with Crippen LogP contribution in [0.1, 0.15) is 40.4 Å². The normalized spacial score (nSPS) is 17.2. The van der Waals surface area contributed by atoms with Gasteiger partial charge in [-0.25, -0.2) is 14.5 Å². The van der Waals surface area contributed by atoms with Gasteiger partial charge in [0, 0.05) is 18.7 Å². The van der Waals surface area contributed by atoms with Gasteiger partial charge in [-0.3, -0.25) is 4.79 Å². The molecule has 0 bridgehead atoms. The average molecular weight is 358 g/mol. The number of hydrogen-bond acceptors (Lipinski definition) is 5. The Kier molecular flexibility index (Phi) is 5.20. The Morgan fingerprint density at radius 2 is 2.04 bits per heavy atom. The van der Waals surface area contributed by atoms with E-state index in [9.17, 15) is 9.59 Å². The van der Waals surface area contributed by atoms with Gasteiger partial charge in [0.1, 0.15) is 18.4 Å². The Balaban J connectivity index is 1.76. The number of carboxylic acid groups (broad SMARTS) is 1. The minimum atomic E-state index is -1.03. The Morgan fingerprint density at radius 3 is 2.65 bits per heavy atom. The van der Waals surface area contributed by atoms with Gasteiger partial charge in [-0.1, -0.05) is 0 Å². The molecule has 1 N–H and O–H groups in total. The van der Waals surface area contributed by atoms with Crippen LogP contribution >= 0.6 is 0 Å². The molecule has 0 saturated carbocycles. The summed E-state index contributed by atoms with van der Waals surface area (Å²) in [6.45, 7) is 4.53.